The summed E-state index contributed by atoms with van der Waals surface area (Å²) in [6, 6.07) is -4.81. The van der Waals surface area contributed by atoms with E-state index >= 15 is 0 Å². The van der Waals surface area contributed by atoms with Gasteiger partial charge in [-0.3, -0.25) is 24.2 Å². The van der Waals surface area contributed by atoms with Crippen LogP contribution < -0.4 is 33.2 Å². The molecule has 4 atom stereocenters. The molecular weight excluding hydrogens is 426 g/mol. The number of rotatable bonds is 14. The van der Waals surface area contributed by atoms with Gasteiger partial charge in [-0.05, 0) is 25.7 Å². The van der Waals surface area contributed by atoms with E-state index < -0.39 is 66.2 Å². The highest BCUT2D eigenvalue weighted by Crippen LogP contribution is 2.04. The van der Waals surface area contributed by atoms with Gasteiger partial charge in [0.1, 0.15) is 18.1 Å². The molecule has 14 heteroatoms. The van der Waals surface area contributed by atoms with Crippen LogP contribution in [0.4, 0.5) is 0 Å². The molecule has 0 saturated carbocycles. The quantitative estimate of drug-likeness (QED) is 0.0744. The van der Waals surface area contributed by atoms with Gasteiger partial charge in [0.05, 0.1) is 12.5 Å². The first-order valence-corrected chi connectivity index (χ1v) is 9.92. The summed E-state index contributed by atoms with van der Waals surface area (Å²) in [5, 5.41) is 25.0. The largest absolute Gasteiger partial charge is 0.481 e. The molecule has 11 N–H and O–H groups in total. The standard InChI is InChI=1S/C18H33N7O7/c1-8(2)13(17(31)32)25-14(28)9(3)23-16(30)11(5-4-6-22-18(20)21)24-15(29)10(19)7-12(26)27/h8-11,13H,4-7,19H2,1-3H3,(H,23,30)(H,24,29)(H,25,28)(H,26,27)(H,31,32)(H4,20,21,22). The van der Waals surface area contributed by atoms with Gasteiger partial charge in [0.25, 0.3) is 0 Å². The maximum Gasteiger partial charge on any atom is 0.326 e. The molecule has 0 fully saturated rings. The van der Waals surface area contributed by atoms with Crippen molar-refractivity contribution in [2.45, 2.75) is 64.2 Å². The van der Waals surface area contributed by atoms with E-state index in [0.717, 1.165) is 0 Å². The third kappa shape index (κ3) is 11.1. The van der Waals surface area contributed by atoms with Crippen molar-refractivity contribution < 1.29 is 34.2 Å². The Hall–Kier alpha value is -3.42. The third-order valence-electron chi connectivity index (χ3n) is 4.29. The SMILES string of the molecule is CC(NC(=O)C(CCCN=C(N)N)NC(=O)C(N)CC(=O)O)C(=O)NC(C(=O)O)C(C)C. The number of aliphatic imine (C=N–C) groups is 1. The molecule has 0 aromatic carbocycles. The van der Waals surface area contributed by atoms with Crippen LogP contribution in [0.25, 0.3) is 0 Å². The molecule has 0 radical (unpaired) electrons. The first kappa shape index (κ1) is 28.6. The summed E-state index contributed by atoms with van der Waals surface area (Å²) in [5.74, 6) is -5.39. The van der Waals surface area contributed by atoms with E-state index in [0.29, 0.717) is 0 Å². The van der Waals surface area contributed by atoms with Gasteiger partial charge in [0.15, 0.2) is 5.96 Å². The van der Waals surface area contributed by atoms with Crippen molar-refractivity contribution in [1.82, 2.24) is 16.0 Å². The normalized spacial score (nSPS) is 14.4. The van der Waals surface area contributed by atoms with Gasteiger partial charge in [-0.15, -0.1) is 0 Å². The lowest BCUT2D eigenvalue weighted by Crippen LogP contribution is -2.57. The number of carboxylic acids is 2. The van der Waals surface area contributed by atoms with Gasteiger partial charge >= 0.3 is 11.9 Å². The van der Waals surface area contributed by atoms with Crippen molar-refractivity contribution in [2.75, 3.05) is 6.54 Å². The van der Waals surface area contributed by atoms with Crippen molar-refractivity contribution in [2.24, 2.45) is 28.1 Å². The number of hydrogen-bond acceptors (Lipinski definition) is 7. The Bertz CT molecular complexity index is 722. The third-order valence-corrected chi connectivity index (χ3v) is 4.29. The van der Waals surface area contributed by atoms with Gasteiger partial charge in [-0.2, -0.15) is 0 Å². The van der Waals surface area contributed by atoms with Crippen molar-refractivity contribution in [1.29, 1.82) is 0 Å². The fourth-order valence-corrected chi connectivity index (χ4v) is 2.50. The monoisotopic (exact) mass is 459 g/mol. The van der Waals surface area contributed by atoms with Gasteiger partial charge in [-0.25, -0.2) is 4.79 Å². The second-order valence-corrected chi connectivity index (χ2v) is 7.51. The van der Waals surface area contributed by atoms with Crippen LogP contribution in [0.2, 0.25) is 0 Å². The molecule has 3 amide bonds. The predicted octanol–water partition coefficient (Wildman–Crippen LogP) is -2.94. The van der Waals surface area contributed by atoms with Gasteiger partial charge in [0.2, 0.25) is 17.7 Å². The number of guanidine groups is 1. The number of carboxylic acid groups (broad SMARTS) is 2. The van der Waals surface area contributed by atoms with Crippen molar-refractivity contribution in [3.63, 3.8) is 0 Å². The number of amides is 3. The van der Waals surface area contributed by atoms with Gasteiger partial charge in [-0.1, -0.05) is 13.8 Å². The fraction of sp³-hybridized carbons (Fsp3) is 0.667. The summed E-state index contributed by atoms with van der Waals surface area (Å²) in [7, 11) is 0. The van der Waals surface area contributed by atoms with Crippen LogP contribution >= 0.6 is 0 Å². The number of hydrogen-bond donors (Lipinski definition) is 8. The lowest BCUT2D eigenvalue weighted by Gasteiger charge is -2.24. The second kappa shape index (κ2) is 13.8. The maximum atomic E-state index is 12.7. The van der Waals surface area contributed by atoms with Crippen LogP contribution in [0.5, 0.6) is 0 Å². The Morgan fingerprint density at radius 3 is 1.97 bits per heavy atom. The van der Waals surface area contributed by atoms with E-state index in [-0.39, 0.29) is 25.3 Å². The van der Waals surface area contributed by atoms with E-state index in [9.17, 15) is 29.1 Å². The zero-order valence-corrected chi connectivity index (χ0v) is 18.3. The minimum Gasteiger partial charge on any atom is -0.481 e. The molecule has 0 aromatic rings. The van der Waals surface area contributed by atoms with E-state index in [1.807, 2.05) is 0 Å². The van der Waals surface area contributed by atoms with E-state index in [2.05, 4.69) is 20.9 Å². The Balaban J connectivity index is 5.20. The molecule has 0 bridgehead atoms. The van der Waals surface area contributed by atoms with E-state index in [1.165, 1.54) is 6.92 Å². The topological polar surface area (TPSA) is 252 Å². The molecule has 0 aliphatic carbocycles. The Kier molecular flexibility index (Phi) is 12.3. The summed E-state index contributed by atoms with van der Waals surface area (Å²) in [6.07, 6.45) is -0.301. The van der Waals surface area contributed by atoms with Crippen molar-refractivity contribution in [3.8, 4) is 0 Å². The molecule has 32 heavy (non-hydrogen) atoms. The number of carbonyl (C=O) groups excluding carboxylic acids is 3. The molecule has 0 spiro atoms. The minimum absolute atomic E-state index is 0.0617. The highest BCUT2D eigenvalue weighted by molar-refractivity contribution is 5.94. The summed E-state index contributed by atoms with van der Waals surface area (Å²) in [5.41, 5.74) is 16.0. The van der Waals surface area contributed by atoms with Crippen molar-refractivity contribution >= 4 is 35.6 Å². The second-order valence-electron chi connectivity index (χ2n) is 7.51. The highest BCUT2D eigenvalue weighted by atomic mass is 16.4. The zero-order valence-electron chi connectivity index (χ0n) is 18.3. The molecule has 14 nitrogen and oxygen atoms in total. The smallest absolute Gasteiger partial charge is 0.326 e. The van der Waals surface area contributed by atoms with Gasteiger partial charge < -0.3 is 43.4 Å². The Morgan fingerprint density at radius 1 is 0.906 bits per heavy atom. The Labute approximate surface area is 185 Å². The number of nitrogens with zero attached hydrogens (tertiary/aromatic N) is 1. The van der Waals surface area contributed by atoms with Crippen LogP contribution in [0, 0.1) is 5.92 Å². The first-order valence-electron chi connectivity index (χ1n) is 9.92. The Morgan fingerprint density at radius 2 is 1.50 bits per heavy atom. The molecule has 0 heterocycles. The summed E-state index contributed by atoms with van der Waals surface area (Å²) >= 11 is 0. The average molecular weight is 460 g/mol. The molecule has 0 aliphatic rings. The number of aliphatic carboxylic acids is 2. The molecule has 182 valence electrons. The first-order chi connectivity index (χ1) is 14.8. The van der Waals surface area contributed by atoms with Crippen LogP contribution in [0.15, 0.2) is 4.99 Å². The van der Waals surface area contributed by atoms with E-state index in [4.69, 9.17) is 22.3 Å². The van der Waals surface area contributed by atoms with Crippen LogP contribution in [0.1, 0.15) is 40.0 Å². The fourth-order valence-electron chi connectivity index (χ4n) is 2.50. The number of carbonyl (C=O) groups is 5. The summed E-state index contributed by atoms with van der Waals surface area (Å²) < 4.78 is 0. The molecule has 0 saturated heterocycles. The zero-order chi connectivity index (χ0) is 25.0. The van der Waals surface area contributed by atoms with E-state index in [1.54, 1.807) is 13.8 Å². The predicted molar refractivity (Wildman–Crippen MR) is 114 cm³/mol. The summed E-state index contributed by atoms with van der Waals surface area (Å²) in [6.45, 7) is 4.74. The van der Waals surface area contributed by atoms with Gasteiger partial charge in [0, 0.05) is 6.54 Å². The lowest BCUT2D eigenvalue weighted by molar-refractivity contribution is -0.143. The van der Waals surface area contributed by atoms with Crippen LogP contribution in [-0.2, 0) is 24.0 Å². The minimum atomic E-state index is -1.39. The highest BCUT2D eigenvalue weighted by Gasteiger charge is 2.29. The molecular formula is C18H33N7O7. The molecule has 0 aliphatic heterocycles. The average Bonchev–Trinajstić information content (AvgIpc) is 2.66. The molecule has 0 rings (SSSR count). The molecule has 4 unspecified atom stereocenters. The maximum absolute atomic E-state index is 12.7. The number of nitrogens with two attached hydrogens (primary N) is 3. The lowest BCUT2D eigenvalue weighted by atomic mass is 10.0. The van der Waals surface area contributed by atoms with Crippen LogP contribution in [-0.4, -0.2) is 76.5 Å². The summed E-state index contributed by atoms with van der Waals surface area (Å²) in [4.78, 5) is 62.9. The van der Waals surface area contributed by atoms with Crippen molar-refractivity contribution in [3.05, 3.63) is 0 Å². The van der Waals surface area contributed by atoms with Crippen LogP contribution in [0.3, 0.4) is 0 Å². The molecule has 0 aromatic heterocycles. The number of nitrogens with one attached hydrogen (secondary N) is 3.